The molecular weight excluding hydrogens is 449 g/mol. The van der Waals surface area contributed by atoms with Crippen LogP contribution in [-0.4, -0.2) is 34.9 Å². The molecule has 31 heavy (non-hydrogen) atoms. The van der Waals surface area contributed by atoms with Crippen molar-refractivity contribution in [1.82, 2.24) is 5.32 Å². The van der Waals surface area contributed by atoms with Crippen molar-refractivity contribution >= 4 is 29.2 Å². The van der Waals surface area contributed by atoms with Crippen molar-refractivity contribution in [2.75, 3.05) is 6.61 Å². The second kappa shape index (κ2) is 7.98. The lowest BCUT2D eigenvalue weighted by atomic mass is 9.69. The minimum absolute atomic E-state index is 0.0133. The summed E-state index contributed by atoms with van der Waals surface area (Å²) in [7, 11) is 0. The van der Waals surface area contributed by atoms with Gasteiger partial charge in [-0.15, -0.1) is 0 Å². The molecule has 9 heteroatoms. The number of rotatable bonds is 6. The fraction of sp³-hybridized carbons (Fsp3) is 0.409. The summed E-state index contributed by atoms with van der Waals surface area (Å²) >= 11 is 11.9. The Morgan fingerprint density at radius 3 is 2.52 bits per heavy atom. The molecule has 166 valence electrons. The molecule has 2 aromatic rings. The molecule has 5 N–H and O–H groups in total. The summed E-state index contributed by atoms with van der Waals surface area (Å²) in [6.45, 7) is -0.0989. The zero-order valence-corrected chi connectivity index (χ0v) is 17.9. The van der Waals surface area contributed by atoms with Gasteiger partial charge in [0, 0.05) is 29.2 Å². The highest BCUT2D eigenvalue weighted by Crippen LogP contribution is 2.55. The maximum absolute atomic E-state index is 15.1. The third-order valence-corrected chi connectivity index (χ3v) is 7.24. The number of benzene rings is 2. The number of hydrogen-bond donors (Lipinski definition) is 4. The van der Waals surface area contributed by atoms with Crippen LogP contribution < -0.4 is 11.1 Å². The van der Waals surface area contributed by atoms with Crippen LogP contribution in [0.1, 0.15) is 36.3 Å². The minimum Gasteiger partial charge on any atom is -0.480 e. The largest absolute Gasteiger partial charge is 0.480 e. The molecule has 4 atom stereocenters. The second-order valence-electron chi connectivity index (χ2n) is 8.58. The highest BCUT2D eigenvalue weighted by atomic mass is 35.5. The number of aliphatic hydroxyl groups is 1. The fourth-order valence-electron chi connectivity index (χ4n) is 4.82. The topological polar surface area (TPSA) is 95.6 Å². The summed E-state index contributed by atoms with van der Waals surface area (Å²) < 4.78 is 30.2. The van der Waals surface area contributed by atoms with Crippen molar-refractivity contribution < 1.29 is 23.8 Å². The number of aliphatic carboxylic acids is 1. The van der Waals surface area contributed by atoms with Crippen LogP contribution in [0.2, 0.25) is 10.0 Å². The molecule has 1 aliphatic heterocycles. The first-order valence-corrected chi connectivity index (χ1v) is 10.7. The Morgan fingerprint density at radius 2 is 1.94 bits per heavy atom. The Balaban J connectivity index is 1.93. The standard InChI is InChI=1S/C22H22Cl2F2N2O3/c23-11-4-5-13(15(25)8-11)22(27)16(9-21(10-29)6-7-21)28-19(20(30)31)17(22)12-2-1-3-14(24)18(12)26/h1-5,8,16-17,19,28-29H,6-7,9-10,27H2,(H,30,31). The van der Waals surface area contributed by atoms with Gasteiger partial charge in [-0.1, -0.05) is 41.4 Å². The average Bonchev–Trinajstić information content (AvgIpc) is 3.43. The van der Waals surface area contributed by atoms with E-state index < -0.39 is 46.6 Å². The molecule has 1 saturated heterocycles. The van der Waals surface area contributed by atoms with Crippen LogP contribution in [0, 0.1) is 17.0 Å². The maximum Gasteiger partial charge on any atom is 0.321 e. The lowest BCUT2D eigenvalue weighted by molar-refractivity contribution is -0.139. The number of carboxylic acids is 1. The van der Waals surface area contributed by atoms with Gasteiger partial charge in [-0.25, -0.2) is 8.78 Å². The van der Waals surface area contributed by atoms with E-state index in [9.17, 15) is 15.0 Å². The second-order valence-corrected chi connectivity index (χ2v) is 9.42. The molecule has 0 radical (unpaired) electrons. The lowest BCUT2D eigenvalue weighted by Crippen LogP contribution is -2.52. The Kier molecular flexibility index (Phi) is 5.77. The van der Waals surface area contributed by atoms with Crippen LogP contribution in [-0.2, 0) is 10.3 Å². The van der Waals surface area contributed by atoms with Crippen LogP contribution in [0.15, 0.2) is 36.4 Å². The average molecular weight is 471 g/mol. The number of nitrogens with two attached hydrogens (primary N) is 1. The molecule has 4 rings (SSSR count). The van der Waals surface area contributed by atoms with E-state index in [0.717, 1.165) is 18.9 Å². The van der Waals surface area contributed by atoms with Gasteiger partial charge in [0.25, 0.3) is 0 Å². The number of aliphatic hydroxyl groups excluding tert-OH is 1. The summed E-state index contributed by atoms with van der Waals surface area (Å²) in [4.78, 5) is 12.2. The Bertz CT molecular complexity index is 1030. The quantitative estimate of drug-likeness (QED) is 0.514. The van der Waals surface area contributed by atoms with Gasteiger partial charge < -0.3 is 15.9 Å². The Hall–Kier alpha value is -1.77. The van der Waals surface area contributed by atoms with E-state index in [1.807, 2.05) is 0 Å². The molecule has 0 spiro atoms. The van der Waals surface area contributed by atoms with Crippen molar-refractivity contribution in [3.05, 3.63) is 69.2 Å². The van der Waals surface area contributed by atoms with Gasteiger partial charge in [0.1, 0.15) is 17.7 Å². The fourth-order valence-corrected chi connectivity index (χ4v) is 5.16. The first-order chi connectivity index (χ1) is 14.6. The van der Waals surface area contributed by atoms with E-state index in [1.54, 1.807) is 0 Å². The van der Waals surface area contributed by atoms with Crippen molar-refractivity contribution in [1.29, 1.82) is 0 Å². The summed E-state index contributed by atoms with van der Waals surface area (Å²) in [6.07, 6.45) is 1.80. The summed E-state index contributed by atoms with van der Waals surface area (Å²) in [5.41, 5.74) is 4.83. The molecule has 1 aliphatic carbocycles. The molecule has 1 saturated carbocycles. The molecular formula is C22H22Cl2F2N2O3. The minimum atomic E-state index is -1.64. The third-order valence-electron chi connectivity index (χ3n) is 6.72. The molecule has 0 bridgehead atoms. The molecule has 2 aromatic carbocycles. The normalized spacial score (nSPS) is 29.2. The number of carbonyl (C=O) groups is 1. The third kappa shape index (κ3) is 3.72. The summed E-state index contributed by atoms with van der Waals surface area (Å²) in [6, 6.07) is 6.19. The van der Waals surface area contributed by atoms with Gasteiger partial charge in [-0.3, -0.25) is 10.1 Å². The molecule has 2 fully saturated rings. The lowest BCUT2D eigenvalue weighted by Gasteiger charge is -2.38. The summed E-state index contributed by atoms with van der Waals surface area (Å²) in [5, 5.41) is 22.8. The van der Waals surface area contributed by atoms with Crippen molar-refractivity contribution in [3.63, 3.8) is 0 Å². The molecule has 5 nitrogen and oxygen atoms in total. The van der Waals surface area contributed by atoms with Crippen LogP contribution >= 0.6 is 23.2 Å². The first kappa shape index (κ1) is 22.4. The van der Waals surface area contributed by atoms with Crippen LogP contribution in [0.25, 0.3) is 0 Å². The van der Waals surface area contributed by atoms with Crippen molar-refractivity contribution in [3.8, 4) is 0 Å². The van der Waals surface area contributed by atoms with Gasteiger partial charge in [-0.05, 0) is 48.4 Å². The number of carboxylic acid groups (broad SMARTS) is 1. The van der Waals surface area contributed by atoms with Crippen molar-refractivity contribution in [2.24, 2.45) is 11.1 Å². The predicted molar refractivity (Wildman–Crippen MR) is 113 cm³/mol. The van der Waals surface area contributed by atoms with Crippen LogP contribution in [0.4, 0.5) is 8.78 Å². The van der Waals surface area contributed by atoms with Crippen molar-refractivity contribution in [2.45, 2.75) is 42.8 Å². The number of nitrogens with one attached hydrogen (secondary N) is 1. The predicted octanol–water partition coefficient (Wildman–Crippen LogP) is 3.80. The maximum atomic E-state index is 15.1. The van der Waals surface area contributed by atoms with Gasteiger partial charge in [0.2, 0.25) is 0 Å². The summed E-state index contributed by atoms with van der Waals surface area (Å²) in [5.74, 6) is -3.92. The van der Waals surface area contributed by atoms with E-state index in [-0.39, 0.29) is 27.8 Å². The Morgan fingerprint density at radius 1 is 1.23 bits per heavy atom. The zero-order chi connectivity index (χ0) is 22.6. The van der Waals surface area contributed by atoms with Gasteiger partial charge in [0.05, 0.1) is 10.6 Å². The molecule has 0 amide bonds. The highest BCUT2D eigenvalue weighted by Gasteiger charge is 2.60. The number of halogens is 4. The Labute approximate surface area is 188 Å². The molecule has 2 aliphatic rings. The van der Waals surface area contributed by atoms with E-state index in [4.69, 9.17) is 28.9 Å². The van der Waals surface area contributed by atoms with E-state index >= 15 is 8.78 Å². The molecule has 1 heterocycles. The van der Waals surface area contributed by atoms with E-state index in [1.165, 1.54) is 30.3 Å². The van der Waals surface area contributed by atoms with E-state index in [0.29, 0.717) is 6.42 Å². The van der Waals surface area contributed by atoms with Gasteiger partial charge in [-0.2, -0.15) is 0 Å². The first-order valence-electron chi connectivity index (χ1n) is 9.91. The van der Waals surface area contributed by atoms with Gasteiger partial charge >= 0.3 is 5.97 Å². The van der Waals surface area contributed by atoms with Crippen LogP contribution in [0.5, 0.6) is 0 Å². The monoisotopic (exact) mass is 470 g/mol. The highest BCUT2D eigenvalue weighted by molar-refractivity contribution is 6.31. The number of hydrogen-bond acceptors (Lipinski definition) is 4. The zero-order valence-electron chi connectivity index (χ0n) is 16.4. The van der Waals surface area contributed by atoms with E-state index in [2.05, 4.69) is 5.32 Å². The van der Waals surface area contributed by atoms with Gasteiger partial charge in [0.15, 0.2) is 0 Å². The van der Waals surface area contributed by atoms with Crippen LogP contribution in [0.3, 0.4) is 0 Å². The SMILES string of the molecule is NC1(c2ccc(Cl)cc2F)C(CC2(CO)CC2)NC(C(=O)O)C1c1cccc(Cl)c1F. The molecule has 4 unspecified atom stereocenters. The smallest absolute Gasteiger partial charge is 0.321 e. The molecule has 0 aromatic heterocycles.